The summed E-state index contributed by atoms with van der Waals surface area (Å²) in [5.74, 6) is -0.771. The number of ether oxygens (including phenoxy) is 2. The molecule has 1 aromatic rings. The maximum absolute atomic E-state index is 11.5. The SMILES string of the molecule is COc1ccc(/C=C/C(=O)NCC(OC)C(=O)O)cc1. The Bertz CT molecular complexity index is 481. The van der Waals surface area contributed by atoms with E-state index in [4.69, 9.17) is 14.6 Å². The minimum atomic E-state index is -1.12. The molecule has 2 N–H and O–H groups in total. The van der Waals surface area contributed by atoms with Gasteiger partial charge >= 0.3 is 5.97 Å². The molecular weight excluding hydrogens is 262 g/mol. The van der Waals surface area contributed by atoms with Gasteiger partial charge in [-0.1, -0.05) is 12.1 Å². The minimum absolute atomic E-state index is 0.0857. The van der Waals surface area contributed by atoms with Crippen LogP contribution in [0.1, 0.15) is 5.56 Å². The number of nitrogens with one attached hydrogen (secondary N) is 1. The van der Waals surface area contributed by atoms with E-state index in [1.165, 1.54) is 13.2 Å². The summed E-state index contributed by atoms with van der Waals surface area (Å²) in [4.78, 5) is 22.2. The molecule has 1 rings (SSSR count). The zero-order chi connectivity index (χ0) is 15.0. The molecule has 0 aromatic heterocycles. The van der Waals surface area contributed by atoms with Crippen LogP contribution in [0.2, 0.25) is 0 Å². The lowest BCUT2D eigenvalue weighted by Gasteiger charge is -2.10. The van der Waals surface area contributed by atoms with Crippen molar-refractivity contribution in [2.24, 2.45) is 0 Å². The Morgan fingerprint density at radius 3 is 2.45 bits per heavy atom. The highest BCUT2D eigenvalue weighted by atomic mass is 16.5. The van der Waals surface area contributed by atoms with E-state index in [1.54, 1.807) is 37.5 Å². The average molecular weight is 279 g/mol. The minimum Gasteiger partial charge on any atom is -0.497 e. The molecule has 0 spiro atoms. The standard InChI is InChI=1S/C14H17NO5/c1-19-11-6-3-10(4-7-11)5-8-13(16)15-9-12(20-2)14(17)18/h3-8,12H,9H2,1-2H3,(H,15,16)(H,17,18)/b8-5+. The number of benzene rings is 1. The van der Waals surface area contributed by atoms with Crippen LogP contribution in [0, 0.1) is 0 Å². The van der Waals surface area contributed by atoms with Gasteiger partial charge in [-0.05, 0) is 23.8 Å². The molecule has 6 heteroatoms. The molecule has 1 atom stereocenters. The van der Waals surface area contributed by atoms with Crippen molar-refractivity contribution in [2.45, 2.75) is 6.10 Å². The molecule has 20 heavy (non-hydrogen) atoms. The van der Waals surface area contributed by atoms with E-state index in [-0.39, 0.29) is 12.5 Å². The second-order valence-electron chi connectivity index (χ2n) is 3.91. The van der Waals surface area contributed by atoms with Gasteiger partial charge in [0, 0.05) is 13.2 Å². The van der Waals surface area contributed by atoms with Crippen LogP contribution in [0.25, 0.3) is 6.08 Å². The van der Waals surface area contributed by atoms with Gasteiger partial charge in [0.1, 0.15) is 5.75 Å². The first-order valence-corrected chi connectivity index (χ1v) is 5.92. The molecule has 1 aromatic carbocycles. The number of carboxylic acids is 1. The van der Waals surface area contributed by atoms with Crippen molar-refractivity contribution < 1.29 is 24.2 Å². The van der Waals surface area contributed by atoms with Crippen LogP contribution in [0.3, 0.4) is 0 Å². The molecule has 0 bridgehead atoms. The van der Waals surface area contributed by atoms with Gasteiger partial charge in [-0.3, -0.25) is 4.79 Å². The molecule has 0 saturated carbocycles. The summed E-state index contributed by atoms with van der Waals surface area (Å²) in [5, 5.41) is 11.2. The normalized spacial score (nSPS) is 12.1. The number of carbonyl (C=O) groups excluding carboxylic acids is 1. The van der Waals surface area contributed by atoms with Crippen LogP contribution in [0.5, 0.6) is 5.75 Å². The van der Waals surface area contributed by atoms with Gasteiger partial charge in [0.2, 0.25) is 5.91 Å². The first-order valence-electron chi connectivity index (χ1n) is 5.92. The highest BCUT2D eigenvalue weighted by molar-refractivity contribution is 5.92. The van der Waals surface area contributed by atoms with Crippen molar-refractivity contribution in [3.8, 4) is 5.75 Å². The van der Waals surface area contributed by atoms with E-state index in [2.05, 4.69) is 5.32 Å². The number of carbonyl (C=O) groups is 2. The lowest BCUT2D eigenvalue weighted by atomic mass is 10.2. The monoisotopic (exact) mass is 279 g/mol. The summed E-state index contributed by atoms with van der Waals surface area (Å²) < 4.78 is 9.72. The molecule has 0 saturated heterocycles. The second kappa shape index (κ2) is 7.96. The van der Waals surface area contributed by atoms with Crippen LogP contribution >= 0.6 is 0 Å². The Kier molecular flexibility index (Phi) is 6.25. The summed E-state index contributed by atoms with van der Waals surface area (Å²) in [7, 11) is 2.85. The predicted octanol–water partition coefficient (Wildman–Crippen LogP) is 0.924. The summed E-state index contributed by atoms with van der Waals surface area (Å²) >= 11 is 0. The van der Waals surface area contributed by atoms with Crippen molar-refractivity contribution in [1.29, 1.82) is 0 Å². The molecule has 0 aliphatic heterocycles. The Labute approximate surface area is 117 Å². The fourth-order valence-electron chi connectivity index (χ4n) is 1.41. The lowest BCUT2D eigenvalue weighted by molar-refractivity contribution is -0.148. The summed E-state index contributed by atoms with van der Waals surface area (Å²) in [6.45, 7) is -0.0857. The van der Waals surface area contributed by atoms with Crippen LogP contribution in [0.4, 0.5) is 0 Å². The summed E-state index contributed by atoms with van der Waals surface area (Å²) in [5.41, 5.74) is 0.836. The fourth-order valence-corrected chi connectivity index (χ4v) is 1.41. The number of carboxylic acid groups (broad SMARTS) is 1. The van der Waals surface area contributed by atoms with Gasteiger partial charge in [0.15, 0.2) is 6.10 Å². The van der Waals surface area contributed by atoms with Gasteiger partial charge in [0.25, 0.3) is 0 Å². The number of rotatable bonds is 7. The Hall–Kier alpha value is -2.34. The third-order valence-corrected chi connectivity index (χ3v) is 2.56. The molecule has 1 amide bonds. The Morgan fingerprint density at radius 1 is 1.30 bits per heavy atom. The molecule has 0 radical (unpaired) electrons. The smallest absolute Gasteiger partial charge is 0.334 e. The van der Waals surface area contributed by atoms with Gasteiger partial charge in [-0.2, -0.15) is 0 Å². The maximum atomic E-state index is 11.5. The van der Waals surface area contributed by atoms with Gasteiger partial charge < -0.3 is 19.9 Å². The quantitative estimate of drug-likeness (QED) is 0.725. The highest BCUT2D eigenvalue weighted by Crippen LogP contribution is 2.12. The number of aliphatic carboxylic acids is 1. The van der Waals surface area contributed by atoms with Gasteiger partial charge in [0.05, 0.1) is 13.7 Å². The van der Waals surface area contributed by atoms with Crippen LogP contribution < -0.4 is 10.1 Å². The maximum Gasteiger partial charge on any atom is 0.334 e. The van der Waals surface area contributed by atoms with Crippen LogP contribution in [-0.4, -0.2) is 43.9 Å². The highest BCUT2D eigenvalue weighted by Gasteiger charge is 2.16. The molecular formula is C14H17NO5. The first kappa shape index (κ1) is 15.7. The van der Waals surface area contributed by atoms with E-state index in [0.717, 1.165) is 11.3 Å². The van der Waals surface area contributed by atoms with Crippen LogP contribution in [0.15, 0.2) is 30.3 Å². The third-order valence-electron chi connectivity index (χ3n) is 2.56. The predicted molar refractivity (Wildman–Crippen MR) is 73.5 cm³/mol. The van der Waals surface area contributed by atoms with E-state index in [9.17, 15) is 9.59 Å². The average Bonchev–Trinajstić information content (AvgIpc) is 2.46. The zero-order valence-electron chi connectivity index (χ0n) is 11.3. The van der Waals surface area contributed by atoms with Crippen LogP contribution in [-0.2, 0) is 14.3 Å². The number of methoxy groups -OCH3 is 2. The van der Waals surface area contributed by atoms with Gasteiger partial charge in [-0.15, -0.1) is 0 Å². The fraction of sp³-hybridized carbons (Fsp3) is 0.286. The molecule has 1 unspecified atom stereocenters. The van der Waals surface area contributed by atoms with Gasteiger partial charge in [-0.25, -0.2) is 4.79 Å². The van der Waals surface area contributed by atoms with Crippen molar-refractivity contribution in [2.75, 3.05) is 20.8 Å². The number of hydrogen-bond donors (Lipinski definition) is 2. The topological polar surface area (TPSA) is 84.9 Å². The second-order valence-corrected chi connectivity index (χ2v) is 3.91. The molecule has 0 fully saturated rings. The zero-order valence-corrected chi connectivity index (χ0v) is 11.3. The molecule has 0 aliphatic carbocycles. The largest absolute Gasteiger partial charge is 0.497 e. The number of hydrogen-bond acceptors (Lipinski definition) is 4. The molecule has 108 valence electrons. The summed E-state index contributed by atoms with van der Waals surface area (Å²) in [6, 6.07) is 7.17. The van der Waals surface area contributed by atoms with E-state index < -0.39 is 12.1 Å². The van der Waals surface area contributed by atoms with E-state index >= 15 is 0 Å². The summed E-state index contributed by atoms with van der Waals surface area (Å²) in [6.07, 6.45) is 1.90. The van der Waals surface area contributed by atoms with Crippen molar-refractivity contribution in [3.05, 3.63) is 35.9 Å². The van der Waals surface area contributed by atoms with Crippen molar-refractivity contribution in [3.63, 3.8) is 0 Å². The van der Waals surface area contributed by atoms with E-state index in [0.29, 0.717) is 0 Å². The molecule has 0 aliphatic rings. The third kappa shape index (κ3) is 5.11. The first-order chi connectivity index (χ1) is 9.56. The van der Waals surface area contributed by atoms with Crippen molar-refractivity contribution in [1.82, 2.24) is 5.32 Å². The van der Waals surface area contributed by atoms with E-state index in [1.807, 2.05) is 0 Å². The molecule has 6 nitrogen and oxygen atoms in total. The molecule has 0 heterocycles. The Balaban J connectivity index is 2.48. The lowest BCUT2D eigenvalue weighted by Crippen LogP contribution is -2.37. The number of amides is 1. The Morgan fingerprint density at radius 2 is 1.95 bits per heavy atom. The van der Waals surface area contributed by atoms with Crippen molar-refractivity contribution >= 4 is 18.0 Å².